The Kier molecular flexibility index (Phi) is 6.84. The summed E-state index contributed by atoms with van der Waals surface area (Å²) in [6.07, 6.45) is 0.670. The van der Waals surface area contributed by atoms with Crippen molar-refractivity contribution in [3.8, 4) is 0 Å². The Morgan fingerprint density at radius 1 is 1.12 bits per heavy atom. The number of nitrogens with one attached hydrogen (secondary N) is 1. The van der Waals surface area contributed by atoms with Crippen LogP contribution in [-0.2, 0) is 21.2 Å². The molecule has 1 amide bonds. The predicted octanol–water partition coefficient (Wildman–Crippen LogP) is 2.97. The van der Waals surface area contributed by atoms with Gasteiger partial charge in [-0.05, 0) is 30.2 Å². The first kappa shape index (κ1) is 19.7. The van der Waals surface area contributed by atoms with Gasteiger partial charge in [0.05, 0.1) is 11.6 Å². The summed E-state index contributed by atoms with van der Waals surface area (Å²) in [6, 6.07) is 13.9. The van der Waals surface area contributed by atoms with Crippen LogP contribution in [0.3, 0.4) is 0 Å². The number of benzene rings is 2. The summed E-state index contributed by atoms with van der Waals surface area (Å²) in [5.74, 6) is -0.389. The monoisotopic (exact) mass is 400 g/mol. The molecule has 5 nitrogen and oxygen atoms in total. The number of sulfonamides is 1. The molecule has 0 aliphatic carbocycles. The van der Waals surface area contributed by atoms with Gasteiger partial charge in [-0.1, -0.05) is 53.5 Å². The van der Waals surface area contributed by atoms with Crippen LogP contribution in [0.25, 0.3) is 0 Å². The highest BCUT2D eigenvalue weighted by Crippen LogP contribution is 2.27. The Labute approximate surface area is 157 Å². The topological polar surface area (TPSA) is 66.5 Å². The Bertz CT molecular complexity index is 842. The van der Waals surface area contributed by atoms with Gasteiger partial charge in [-0.25, -0.2) is 8.42 Å². The average Bonchev–Trinajstić information content (AvgIpc) is 2.57. The fourth-order valence-corrected chi connectivity index (χ4v) is 4.04. The minimum Gasteiger partial charge on any atom is -0.355 e. The molecule has 2 rings (SSSR count). The summed E-state index contributed by atoms with van der Waals surface area (Å²) in [7, 11) is -2.59. The Balaban J connectivity index is 1.94. The highest BCUT2D eigenvalue weighted by atomic mass is 35.5. The first-order chi connectivity index (χ1) is 11.8. The summed E-state index contributed by atoms with van der Waals surface area (Å²) in [5, 5.41) is 3.02. The molecule has 2 aromatic carbocycles. The van der Waals surface area contributed by atoms with Crippen molar-refractivity contribution in [2.75, 3.05) is 20.1 Å². The van der Waals surface area contributed by atoms with E-state index in [1.807, 2.05) is 30.3 Å². The zero-order chi connectivity index (χ0) is 18.4. The molecule has 8 heteroatoms. The maximum absolute atomic E-state index is 12.5. The lowest BCUT2D eigenvalue weighted by Crippen LogP contribution is -2.39. The highest BCUT2D eigenvalue weighted by Gasteiger charge is 2.25. The smallest absolute Gasteiger partial charge is 0.244 e. The molecule has 25 heavy (non-hydrogen) atoms. The molecule has 0 heterocycles. The minimum absolute atomic E-state index is 0.0562. The molecule has 0 atom stereocenters. The Hall–Kier alpha value is -1.60. The second kappa shape index (κ2) is 8.67. The van der Waals surface area contributed by atoms with Crippen LogP contribution in [0.2, 0.25) is 10.0 Å². The largest absolute Gasteiger partial charge is 0.355 e. The number of carbonyl (C=O) groups excluding carboxylic acids is 1. The molecule has 134 valence electrons. The number of hydrogen-bond acceptors (Lipinski definition) is 3. The van der Waals surface area contributed by atoms with E-state index in [-0.39, 0.29) is 27.4 Å². The van der Waals surface area contributed by atoms with Crippen molar-refractivity contribution in [2.24, 2.45) is 0 Å². The van der Waals surface area contributed by atoms with E-state index in [0.717, 1.165) is 9.87 Å². The van der Waals surface area contributed by atoms with Gasteiger partial charge in [0.2, 0.25) is 15.9 Å². The van der Waals surface area contributed by atoms with E-state index in [4.69, 9.17) is 23.2 Å². The van der Waals surface area contributed by atoms with Gasteiger partial charge in [-0.2, -0.15) is 4.31 Å². The number of hydrogen-bond donors (Lipinski definition) is 1. The predicted molar refractivity (Wildman–Crippen MR) is 99.4 cm³/mol. The quantitative estimate of drug-likeness (QED) is 0.776. The van der Waals surface area contributed by atoms with Crippen LogP contribution in [0, 0.1) is 0 Å². The summed E-state index contributed by atoms with van der Waals surface area (Å²) in [5.41, 5.74) is 1.09. The van der Waals surface area contributed by atoms with Crippen LogP contribution in [0.1, 0.15) is 5.56 Å². The molecule has 0 saturated carbocycles. The first-order valence-electron chi connectivity index (χ1n) is 7.52. The van der Waals surface area contributed by atoms with Crippen molar-refractivity contribution in [1.29, 1.82) is 0 Å². The third-order valence-electron chi connectivity index (χ3n) is 3.53. The molecule has 2 aromatic rings. The summed E-state index contributed by atoms with van der Waals surface area (Å²) in [4.78, 5) is 11.9. The van der Waals surface area contributed by atoms with Crippen molar-refractivity contribution in [3.63, 3.8) is 0 Å². The number of carbonyl (C=O) groups is 1. The standard InChI is InChI=1S/C17H18Cl2N2O3S/c1-21(25(23,24)16-11-14(18)7-8-15(16)19)12-17(22)20-10-9-13-5-3-2-4-6-13/h2-8,11H,9-10,12H2,1H3,(H,20,22). The van der Waals surface area contributed by atoms with E-state index in [1.165, 1.54) is 25.2 Å². The zero-order valence-electron chi connectivity index (χ0n) is 13.6. The van der Waals surface area contributed by atoms with Crippen LogP contribution < -0.4 is 5.32 Å². The number of halogens is 2. The second-order valence-corrected chi connectivity index (χ2v) is 8.28. The van der Waals surface area contributed by atoms with E-state index in [2.05, 4.69) is 5.32 Å². The zero-order valence-corrected chi connectivity index (χ0v) is 15.9. The normalized spacial score (nSPS) is 11.5. The molecule has 0 aliphatic rings. The lowest BCUT2D eigenvalue weighted by molar-refractivity contribution is -0.121. The molecule has 0 saturated heterocycles. The van der Waals surface area contributed by atoms with Gasteiger partial charge in [0.1, 0.15) is 4.90 Å². The van der Waals surface area contributed by atoms with E-state index in [0.29, 0.717) is 13.0 Å². The van der Waals surface area contributed by atoms with E-state index >= 15 is 0 Å². The average molecular weight is 401 g/mol. The molecular weight excluding hydrogens is 383 g/mol. The van der Waals surface area contributed by atoms with Gasteiger partial charge in [-0.15, -0.1) is 0 Å². The molecule has 0 fully saturated rings. The summed E-state index contributed by atoms with van der Waals surface area (Å²) < 4.78 is 26.0. The number of nitrogens with zero attached hydrogens (tertiary/aromatic N) is 1. The van der Waals surface area contributed by atoms with Crippen molar-refractivity contribution in [1.82, 2.24) is 9.62 Å². The van der Waals surface area contributed by atoms with Gasteiger partial charge in [-0.3, -0.25) is 4.79 Å². The van der Waals surface area contributed by atoms with E-state index in [9.17, 15) is 13.2 Å². The molecule has 0 aromatic heterocycles. The molecular formula is C17H18Cl2N2O3S. The lowest BCUT2D eigenvalue weighted by Gasteiger charge is -2.18. The van der Waals surface area contributed by atoms with Gasteiger partial charge in [0.15, 0.2) is 0 Å². The molecule has 0 spiro atoms. The number of amides is 1. The third kappa shape index (κ3) is 5.44. The molecule has 0 bridgehead atoms. The van der Waals surface area contributed by atoms with Crippen molar-refractivity contribution < 1.29 is 13.2 Å². The van der Waals surface area contributed by atoms with E-state index < -0.39 is 10.0 Å². The molecule has 1 N–H and O–H groups in total. The van der Waals surface area contributed by atoms with Crippen LogP contribution in [0.15, 0.2) is 53.4 Å². The molecule has 0 aliphatic heterocycles. The minimum atomic E-state index is -3.91. The Morgan fingerprint density at radius 3 is 2.48 bits per heavy atom. The van der Waals surface area contributed by atoms with Gasteiger partial charge in [0.25, 0.3) is 0 Å². The fourth-order valence-electron chi connectivity index (χ4n) is 2.18. The molecule has 0 unspecified atom stereocenters. The Morgan fingerprint density at radius 2 is 1.80 bits per heavy atom. The van der Waals surface area contributed by atoms with Crippen LogP contribution in [-0.4, -0.2) is 38.8 Å². The van der Waals surface area contributed by atoms with Crippen LogP contribution in [0.5, 0.6) is 0 Å². The SMILES string of the molecule is CN(CC(=O)NCCc1ccccc1)S(=O)(=O)c1cc(Cl)ccc1Cl. The van der Waals surface area contributed by atoms with Crippen molar-refractivity contribution >= 4 is 39.1 Å². The molecule has 0 radical (unpaired) electrons. The number of rotatable bonds is 7. The summed E-state index contributed by atoms with van der Waals surface area (Å²) in [6.45, 7) is 0.120. The second-order valence-electron chi connectivity index (χ2n) is 5.42. The fraction of sp³-hybridized carbons (Fsp3) is 0.235. The highest BCUT2D eigenvalue weighted by molar-refractivity contribution is 7.89. The number of likely N-dealkylation sites (N-methyl/N-ethyl adjacent to an activating group) is 1. The van der Waals surface area contributed by atoms with Crippen molar-refractivity contribution in [2.45, 2.75) is 11.3 Å². The van der Waals surface area contributed by atoms with Gasteiger partial charge in [0, 0.05) is 18.6 Å². The van der Waals surface area contributed by atoms with Gasteiger partial charge < -0.3 is 5.32 Å². The van der Waals surface area contributed by atoms with Gasteiger partial charge >= 0.3 is 0 Å². The van der Waals surface area contributed by atoms with E-state index in [1.54, 1.807) is 0 Å². The maximum atomic E-state index is 12.5. The maximum Gasteiger partial charge on any atom is 0.244 e. The van der Waals surface area contributed by atoms with Crippen LogP contribution >= 0.6 is 23.2 Å². The summed E-state index contributed by atoms with van der Waals surface area (Å²) >= 11 is 11.8. The van der Waals surface area contributed by atoms with Crippen LogP contribution in [0.4, 0.5) is 0 Å². The lowest BCUT2D eigenvalue weighted by atomic mass is 10.1. The first-order valence-corrected chi connectivity index (χ1v) is 9.72. The third-order valence-corrected chi connectivity index (χ3v) is 6.05. The van der Waals surface area contributed by atoms with Crippen molar-refractivity contribution in [3.05, 3.63) is 64.1 Å².